The van der Waals surface area contributed by atoms with Crippen LogP contribution in [0, 0.1) is 0 Å². The van der Waals surface area contributed by atoms with E-state index in [1.54, 1.807) is 17.1 Å². The van der Waals surface area contributed by atoms with Crippen LogP contribution >= 0.6 is 15.9 Å². The number of hydrogen-bond donors (Lipinski definition) is 0. The van der Waals surface area contributed by atoms with E-state index in [-0.39, 0.29) is 12.0 Å². The summed E-state index contributed by atoms with van der Waals surface area (Å²) in [7, 11) is 0. The van der Waals surface area contributed by atoms with Gasteiger partial charge in [-0.25, -0.2) is 14.5 Å². The van der Waals surface area contributed by atoms with Gasteiger partial charge in [-0.05, 0) is 18.2 Å². The van der Waals surface area contributed by atoms with E-state index in [0.717, 1.165) is 15.9 Å². The quantitative estimate of drug-likeness (QED) is 0.608. The van der Waals surface area contributed by atoms with Crippen molar-refractivity contribution < 1.29 is 13.9 Å². The number of benzene rings is 1. The molecule has 2 heterocycles. The van der Waals surface area contributed by atoms with Crippen LogP contribution in [0.25, 0.3) is 5.69 Å². The Bertz CT molecular complexity index is 893. The van der Waals surface area contributed by atoms with Gasteiger partial charge in [-0.3, -0.25) is 0 Å². The number of ether oxygens (including phenoxy) is 1. The number of oxazole rings is 1. The number of aromatic nitrogens is 3. The fourth-order valence-corrected chi connectivity index (χ4v) is 2.51. The van der Waals surface area contributed by atoms with E-state index in [9.17, 15) is 4.79 Å². The Labute approximate surface area is 153 Å². The molecule has 2 aromatic heterocycles. The topological polar surface area (TPSA) is 70.2 Å². The Morgan fingerprint density at radius 3 is 2.80 bits per heavy atom. The van der Waals surface area contributed by atoms with Crippen molar-refractivity contribution in [1.82, 2.24) is 14.8 Å². The predicted octanol–water partition coefficient (Wildman–Crippen LogP) is 4.28. The van der Waals surface area contributed by atoms with Gasteiger partial charge in [0.25, 0.3) is 0 Å². The van der Waals surface area contributed by atoms with Crippen molar-refractivity contribution in [3.8, 4) is 5.69 Å². The van der Waals surface area contributed by atoms with Gasteiger partial charge >= 0.3 is 5.97 Å². The van der Waals surface area contributed by atoms with E-state index >= 15 is 0 Å². The highest BCUT2D eigenvalue weighted by atomic mass is 79.9. The third-order valence-electron chi connectivity index (χ3n) is 3.51. The molecule has 0 bridgehead atoms. The number of carbonyl (C=O) groups is 1. The number of hydrogen-bond acceptors (Lipinski definition) is 5. The molecule has 0 N–H and O–H groups in total. The van der Waals surface area contributed by atoms with E-state index < -0.39 is 5.97 Å². The molecule has 0 radical (unpaired) electrons. The van der Waals surface area contributed by atoms with Crippen LogP contribution in [0.15, 0.2) is 51.7 Å². The second-order valence-electron chi connectivity index (χ2n) is 6.60. The molecule has 0 amide bonds. The first-order valence-corrected chi connectivity index (χ1v) is 8.55. The van der Waals surface area contributed by atoms with Crippen molar-refractivity contribution in [2.75, 3.05) is 0 Å². The molecule has 0 saturated heterocycles. The van der Waals surface area contributed by atoms with E-state index in [4.69, 9.17) is 9.15 Å². The van der Waals surface area contributed by atoms with Crippen LogP contribution in [-0.4, -0.2) is 20.7 Å². The molecule has 0 fully saturated rings. The summed E-state index contributed by atoms with van der Waals surface area (Å²) in [5.41, 5.74) is 1.07. The molecule has 3 rings (SSSR count). The van der Waals surface area contributed by atoms with Crippen LogP contribution in [0.2, 0.25) is 0 Å². The zero-order chi connectivity index (χ0) is 18.0. The van der Waals surface area contributed by atoms with Gasteiger partial charge in [0.2, 0.25) is 5.89 Å². The number of esters is 1. The number of rotatable bonds is 4. The minimum absolute atomic E-state index is 0.0169. The molecular weight excluding hydrogens is 386 g/mol. The lowest BCUT2D eigenvalue weighted by Gasteiger charge is -2.13. The Hall–Kier alpha value is -2.41. The second-order valence-corrected chi connectivity index (χ2v) is 7.51. The maximum atomic E-state index is 12.2. The van der Waals surface area contributed by atoms with Gasteiger partial charge in [0.05, 0.1) is 23.6 Å². The Balaban J connectivity index is 1.65. The number of halogens is 1. The lowest BCUT2D eigenvalue weighted by atomic mass is 9.94. The molecule has 0 saturated carbocycles. The van der Waals surface area contributed by atoms with E-state index in [2.05, 4.69) is 26.0 Å². The summed E-state index contributed by atoms with van der Waals surface area (Å²) in [6.45, 7) is 6.07. The fraction of sp³-hybridized carbons (Fsp3) is 0.278. The minimum atomic E-state index is -0.475. The van der Waals surface area contributed by atoms with E-state index in [0.29, 0.717) is 11.5 Å². The zero-order valence-electron chi connectivity index (χ0n) is 14.2. The first-order valence-electron chi connectivity index (χ1n) is 7.76. The second kappa shape index (κ2) is 6.84. The minimum Gasteiger partial charge on any atom is -0.452 e. The number of carbonyl (C=O) groups excluding carboxylic acids is 1. The zero-order valence-corrected chi connectivity index (χ0v) is 15.8. The fourth-order valence-electron chi connectivity index (χ4n) is 2.12. The summed E-state index contributed by atoms with van der Waals surface area (Å²) in [6.07, 6.45) is 4.76. The summed E-state index contributed by atoms with van der Waals surface area (Å²) < 4.78 is 13.4. The smallest absolute Gasteiger partial charge is 0.341 e. The molecule has 25 heavy (non-hydrogen) atoms. The first-order chi connectivity index (χ1) is 11.8. The average molecular weight is 404 g/mol. The van der Waals surface area contributed by atoms with Crippen molar-refractivity contribution in [1.29, 1.82) is 0 Å². The van der Waals surface area contributed by atoms with Gasteiger partial charge in [0, 0.05) is 16.1 Å². The monoisotopic (exact) mass is 403 g/mol. The molecule has 1 aromatic carbocycles. The highest BCUT2D eigenvalue weighted by Gasteiger charge is 2.20. The van der Waals surface area contributed by atoms with Gasteiger partial charge in [0.1, 0.15) is 5.76 Å². The SMILES string of the molecule is CC(C)(C)c1cnc(COC(=O)c2cnn(-c3cccc(Br)c3)c2)o1. The largest absolute Gasteiger partial charge is 0.452 e. The van der Waals surface area contributed by atoms with Crippen LogP contribution in [0.4, 0.5) is 0 Å². The molecule has 7 heteroatoms. The molecule has 0 aliphatic rings. The molecule has 0 aliphatic carbocycles. The summed E-state index contributed by atoms with van der Waals surface area (Å²) >= 11 is 3.41. The molecule has 0 aliphatic heterocycles. The van der Waals surface area contributed by atoms with E-state index in [1.807, 2.05) is 45.0 Å². The van der Waals surface area contributed by atoms with Crippen molar-refractivity contribution >= 4 is 21.9 Å². The lowest BCUT2D eigenvalue weighted by Crippen LogP contribution is -2.09. The third kappa shape index (κ3) is 4.17. The van der Waals surface area contributed by atoms with Gasteiger partial charge in [0.15, 0.2) is 6.61 Å². The summed E-state index contributed by atoms with van der Waals surface area (Å²) in [4.78, 5) is 16.3. The molecule has 6 nitrogen and oxygen atoms in total. The summed E-state index contributed by atoms with van der Waals surface area (Å²) in [6, 6.07) is 7.62. The van der Waals surface area contributed by atoms with Crippen LogP contribution < -0.4 is 0 Å². The van der Waals surface area contributed by atoms with Crippen LogP contribution in [-0.2, 0) is 16.8 Å². The predicted molar refractivity (Wildman–Crippen MR) is 95.6 cm³/mol. The standard InChI is InChI=1S/C18H18BrN3O3/c1-18(2,3)15-9-20-16(25-15)11-24-17(23)12-8-21-22(10-12)14-6-4-5-13(19)7-14/h4-10H,11H2,1-3H3. The molecule has 0 atom stereocenters. The average Bonchev–Trinajstić information content (AvgIpc) is 3.21. The maximum Gasteiger partial charge on any atom is 0.341 e. The maximum absolute atomic E-state index is 12.2. The molecule has 0 unspecified atom stereocenters. The summed E-state index contributed by atoms with van der Waals surface area (Å²) in [5.74, 6) is 0.649. The van der Waals surface area contributed by atoms with Crippen LogP contribution in [0.3, 0.4) is 0 Å². The summed E-state index contributed by atoms with van der Waals surface area (Å²) in [5, 5.41) is 4.20. The van der Waals surface area contributed by atoms with Crippen LogP contribution in [0.5, 0.6) is 0 Å². The highest BCUT2D eigenvalue weighted by Crippen LogP contribution is 2.23. The normalized spacial score (nSPS) is 11.5. The Morgan fingerprint density at radius 1 is 1.32 bits per heavy atom. The van der Waals surface area contributed by atoms with Gasteiger partial charge in [-0.2, -0.15) is 5.10 Å². The third-order valence-corrected chi connectivity index (χ3v) is 4.00. The molecule has 130 valence electrons. The van der Waals surface area contributed by atoms with Crippen molar-refractivity contribution in [3.63, 3.8) is 0 Å². The van der Waals surface area contributed by atoms with Crippen molar-refractivity contribution in [2.45, 2.75) is 32.8 Å². The number of nitrogens with zero attached hydrogens (tertiary/aromatic N) is 3. The Kier molecular flexibility index (Phi) is 4.76. The van der Waals surface area contributed by atoms with Crippen molar-refractivity contribution in [3.05, 3.63) is 64.5 Å². The van der Waals surface area contributed by atoms with Gasteiger partial charge in [-0.15, -0.1) is 0 Å². The highest BCUT2D eigenvalue weighted by molar-refractivity contribution is 9.10. The molecule has 0 spiro atoms. The lowest BCUT2D eigenvalue weighted by molar-refractivity contribution is 0.0435. The molecule has 3 aromatic rings. The first kappa shape index (κ1) is 17.4. The Morgan fingerprint density at radius 2 is 2.12 bits per heavy atom. The van der Waals surface area contributed by atoms with Crippen molar-refractivity contribution in [2.24, 2.45) is 0 Å². The van der Waals surface area contributed by atoms with Crippen LogP contribution in [0.1, 0.15) is 42.8 Å². The van der Waals surface area contributed by atoms with Gasteiger partial charge in [-0.1, -0.05) is 42.8 Å². The molecular formula is C18H18BrN3O3. The van der Waals surface area contributed by atoms with Gasteiger partial charge < -0.3 is 9.15 Å². The van der Waals surface area contributed by atoms with E-state index in [1.165, 1.54) is 6.20 Å².